The molecule has 1 aliphatic rings. The van der Waals surface area contributed by atoms with Crippen molar-refractivity contribution in [3.8, 4) is 6.01 Å². The number of carboxylic acid groups (broad SMARTS) is 1. The summed E-state index contributed by atoms with van der Waals surface area (Å²) in [5, 5.41) is 12.0. The van der Waals surface area contributed by atoms with Gasteiger partial charge in [-0.25, -0.2) is 13.8 Å². The van der Waals surface area contributed by atoms with Crippen molar-refractivity contribution in [3.63, 3.8) is 0 Å². The van der Waals surface area contributed by atoms with Crippen LogP contribution in [0.4, 0.5) is 14.6 Å². The van der Waals surface area contributed by atoms with Crippen molar-refractivity contribution in [2.24, 2.45) is 5.92 Å². The maximum absolute atomic E-state index is 13.7. The van der Waals surface area contributed by atoms with Crippen LogP contribution in [0.15, 0.2) is 24.3 Å². The third-order valence-corrected chi connectivity index (χ3v) is 4.91. The van der Waals surface area contributed by atoms with Crippen LogP contribution in [0.1, 0.15) is 18.4 Å². The lowest BCUT2D eigenvalue weighted by Gasteiger charge is -2.31. The van der Waals surface area contributed by atoms with Gasteiger partial charge in [-0.05, 0) is 31.0 Å². The zero-order chi connectivity index (χ0) is 19.8. The number of hydrogen-bond acceptors (Lipinski definition) is 5. The van der Waals surface area contributed by atoms with E-state index in [1.165, 1.54) is 18.2 Å². The maximum Gasteiger partial charge on any atom is 0.306 e. The number of benzene rings is 1. The second kappa shape index (κ2) is 7.23. The Morgan fingerprint density at radius 1 is 1.32 bits per heavy atom. The standard InChI is InChI=1S/C18H15ClF2N4O3/c19-11-6-14-16(25-18(23-14)28-9-4-8(5-9)17(26)27)24-15(11)22-7-10-12(20)2-1-3-13(10)21/h1-3,6,8-9H,4-5,7H2,(H,26,27)(H2,22,23,24,25). The van der Waals surface area contributed by atoms with Gasteiger partial charge in [-0.1, -0.05) is 17.7 Å². The molecule has 0 amide bonds. The summed E-state index contributed by atoms with van der Waals surface area (Å²) in [6.07, 6.45) is 0.613. The zero-order valence-electron chi connectivity index (χ0n) is 14.4. The van der Waals surface area contributed by atoms with E-state index in [2.05, 4.69) is 20.3 Å². The molecule has 1 aromatic carbocycles. The normalized spacial score (nSPS) is 18.7. The molecule has 0 unspecified atom stereocenters. The summed E-state index contributed by atoms with van der Waals surface area (Å²) >= 11 is 6.19. The number of imidazole rings is 1. The number of carbonyl (C=O) groups is 1. The fourth-order valence-corrected chi connectivity index (χ4v) is 3.19. The Hall–Kier alpha value is -2.94. The zero-order valence-corrected chi connectivity index (χ0v) is 15.1. The smallest absolute Gasteiger partial charge is 0.306 e. The lowest BCUT2D eigenvalue weighted by molar-refractivity contribution is -0.148. The second-order valence-electron chi connectivity index (χ2n) is 6.53. The third-order valence-electron chi connectivity index (χ3n) is 4.62. The van der Waals surface area contributed by atoms with Gasteiger partial charge in [0.05, 0.1) is 16.5 Å². The summed E-state index contributed by atoms with van der Waals surface area (Å²) in [5.41, 5.74) is 0.714. The number of nitrogens with one attached hydrogen (secondary N) is 2. The number of anilines is 1. The van der Waals surface area contributed by atoms with Crippen molar-refractivity contribution in [1.29, 1.82) is 0 Å². The number of hydrogen-bond donors (Lipinski definition) is 3. The Morgan fingerprint density at radius 3 is 2.71 bits per heavy atom. The Kier molecular flexibility index (Phi) is 4.76. The van der Waals surface area contributed by atoms with Crippen LogP contribution in [-0.2, 0) is 11.3 Å². The highest BCUT2D eigenvalue weighted by molar-refractivity contribution is 6.33. The maximum atomic E-state index is 13.7. The number of rotatable bonds is 6. The lowest BCUT2D eigenvalue weighted by atomic mass is 9.82. The molecule has 0 spiro atoms. The quantitative estimate of drug-likeness (QED) is 0.574. The van der Waals surface area contributed by atoms with E-state index in [0.29, 0.717) is 24.0 Å². The molecule has 2 aromatic heterocycles. The summed E-state index contributed by atoms with van der Waals surface area (Å²) in [6.45, 7) is -0.136. The van der Waals surface area contributed by atoms with E-state index < -0.39 is 23.5 Å². The molecule has 3 N–H and O–H groups in total. The summed E-state index contributed by atoms with van der Waals surface area (Å²) in [4.78, 5) is 22.2. The third kappa shape index (κ3) is 3.57. The van der Waals surface area contributed by atoms with Crippen LogP contribution in [-0.4, -0.2) is 32.1 Å². The van der Waals surface area contributed by atoms with Crippen molar-refractivity contribution in [1.82, 2.24) is 15.0 Å². The number of aromatic amines is 1. The van der Waals surface area contributed by atoms with E-state index in [1.807, 2.05) is 0 Å². The Morgan fingerprint density at radius 2 is 2.04 bits per heavy atom. The van der Waals surface area contributed by atoms with Crippen molar-refractivity contribution in [2.45, 2.75) is 25.5 Å². The molecule has 4 rings (SSSR count). The number of ether oxygens (including phenoxy) is 1. The highest BCUT2D eigenvalue weighted by atomic mass is 35.5. The fraction of sp³-hybridized carbons (Fsp3) is 0.278. The minimum Gasteiger partial charge on any atom is -0.481 e. The van der Waals surface area contributed by atoms with E-state index in [4.69, 9.17) is 21.4 Å². The largest absolute Gasteiger partial charge is 0.481 e. The van der Waals surface area contributed by atoms with Gasteiger partial charge in [0, 0.05) is 12.1 Å². The highest BCUT2D eigenvalue weighted by Crippen LogP contribution is 2.32. The van der Waals surface area contributed by atoms with Crippen LogP contribution in [0.25, 0.3) is 11.2 Å². The van der Waals surface area contributed by atoms with Crippen molar-refractivity contribution in [3.05, 3.63) is 46.5 Å². The molecule has 3 aromatic rings. The molecule has 1 aliphatic carbocycles. The van der Waals surface area contributed by atoms with Gasteiger partial charge in [-0.3, -0.25) is 4.79 Å². The first-order valence-electron chi connectivity index (χ1n) is 8.53. The van der Waals surface area contributed by atoms with Gasteiger partial charge < -0.3 is 20.1 Å². The van der Waals surface area contributed by atoms with Crippen LogP contribution in [0.5, 0.6) is 6.01 Å². The molecule has 10 heteroatoms. The summed E-state index contributed by atoms with van der Waals surface area (Å²) < 4.78 is 33.1. The minimum atomic E-state index is -0.833. The number of nitrogens with zero attached hydrogens (tertiary/aromatic N) is 2. The van der Waals surface area contributed by atoms with Crippen LogP contribution in [0.3, 0.4) is 0 Å². The van der Waals surface area contributed by atoms with Crippen molar-refractivity contribution >= 4 is 34.6 Å². The Bertz CT molecular complexity index is 1030. The molecule has 0 bridgehead atoms. The molecular weight excluding hydrogens is 394 g/mol. The summed E-state index contributed by atoms with van der Waals surface area (Å²) in [7, 11) is 0. The van der Waals surface area contributed by atoms with Gasteiger partial charge in [0.15, 0.2) is 5.65 Å². The Balaban J connectivity index is 1.48. The topological polar surface area (TPSA) is 100 Å². The van der Waals surface area contributed by atoms with Gasteiger partial charge in [-0.2, -0.15) is 4.98 Å². The van der Waals surface area contributed by atoms with Gasteiger partial charge in [0.25, 0.3) is 6.01 Å². The molecule has 0 saturated heterocycles. The molecule has 0 aliphatic heterocycles. The molecule has 0 atom stereocenters. The highest BCUT2D eigenvalue weighted by Gasteiger charge is 2.36. The minimum absolute atomic E-state index is 0.121. The van der Waals surface area contributed by atoms with Crippen molar-refractivity contribution < 1.29 is 23.4 Å². The van der Waals surface area contributed by atoms with Crippen LogP contribution >= 0.6 is 11.6 Å². The van der Waals surface area contributed by atoms with Gasteiger partial charge in [-0.15, -0.1) is 0 Å². The number of aromatic nitrogens is 3. The molecule has 1 saturated carbocycles. The molecule has 7 nitrogen and oxygen atoms in total. The van der Waals surface area contributed by atoms with Crippen LogP contribution in [0.2, 0.25) is 5.02 Å². The molecule has 146 valence electrons. The summed E-state index contributed by atoms with van der Waals surface area (Å²) in [5.74, 6) is -2.33. The number of H-pyrrole nitrogens is 1. The predicted octanol–water partition coefficient (Wildman–Crippen LogP) is 3.74. The first-order valence-corrected chi connectivity index (χ1v) is 8.91. The summed E-state index contributed by atoms with van der Waals surface area (Å²) in [6, 6.07) is 5.42. The molecular formula is C18H15ClF2N4O3. The SMILES string of the molecule is O=C(O)C1CC(Oc2nc3nc(NCc4c(F)cccc4F)c(Cl)cc3[nH]2)C1. The van der Waals surface area contributed by atoms with E-state index in [0.717, 1.165) is 0 Å². The average Bonchev–Trinajstić information content (AvgIpc) is 2.98. The van der Waals surface area contributed by atoms with Crippen molar-refractivity contribution in [2.75, 3.05) is 5.32 Å². The first-order chi connectivity index (χ1) is 13.4. The van der Waals surface area contributed by atoms with E-state index in [9.17, 15) is 13.6 Å². The lowest BCUT2D eigenvalue weighted by Crippen LogP contribution is -2.38. The van der Waals surface area contributed by atoms with Crippen LogP contribution < -0.4 is 10.1 Å². The molecule has 0 radical (unpaired) electrons. The Labute approximate surface area is 162 Å². The second-order valence-corrected chi connectivity index (χ2v) is 6.94. The number of aliphatic carboxylic acids is 1. The fourth-order valence-electron chi connectivity index (χ4n) is 2.97. The van der Waals surface area contributed by atoms with Gasteiger partial charge >= 0.3 is 5.97 Å². The van der Waals surface area contributed by atoms with E-state index in [-0.39, 0.29) is 35.1 Å². The monoisotopic (exact) mass is 408 g/mol. The number of carboxylic acids is 1. The van der Waals surface area contributed by atoms with Gasteiger partial charge in [0.1, 0.15) is 23.6 Å². The average molecular weight is 409 g/mol. The van der Waals surface area contributed by atoms with E-state index in [1.54, 1.807) is 6.07 Å². The number of pyridine rings is 1. The van der Waals surface area contributed by atoms with Gasteiger partial charge in [0.2, 0.25) is 0 Å². The number of halogens is 3. The number of fused-ring (bicyclic) bond motifs is 1. The molecule has 28 heavy (non-hydrogen) atoms. The van der Waals surface area contributed by atoms with Crippen LogP contribution in [0, 0.1) is 17.6 Å². The molecule has 1 fully saturated rings. The molecule has 2 heterocycles. The first kappa shape index (κ1) is 18.4. The van der Waals surface area contributed by atoms with E-state index >= 15 is 0 Å². The predicted molar refractivity (Wildman–Crippen MR) is 97.4 cm³/mol.